The first-order valence-electron chi connectivity index (χ1n) is 5.59. The second-order valence-corrected chi connectivity index (χ2v) is 6.17. The maximum Gasteiger partial charge on any atom is 0.166 e. The fraction of sp³-hybridized carbons (Fsp3) is 0.583. The SMILES string of the molecule is Cc1ccc(CC(C)NC(=S)NC(C)C)s1. The fourth-order valence-corrected chi connectivity index (χ4v) is 2.93. The van der Waals surface area contributed by atoms with Crippen LogP contribution in [0.1, 0.15) is 30.5 Å². The van der Waals surface area contributed by atoms with E-state index in [-0.39, 0.29) is 0 Å². The van der Waals surface area contributed by atoms with Gasteiger partial charge in [-0.2, -0.15) is 0 Å². The summed E-state index contributed by atoms with van der Waals surface area (Å²) in [5, 5.41) is 7.23. The average Bonchev–Trinajstić information content (AvgIpc) is 2.48. The lowest BCUT2D eigenvalue weighted by Crippen LogP contribution is -2.43. The van der Waals surface area contributed by atoms with E-state index >= 15 is 0 Å². The first kappa shape index (κ1) is 13.5. The molecule has 0 spiro atoms. The highest BCUT2D eigenvalue weighted by Gasteiger charge is 2.07. The van der Waals surface area contributed by atoms with Gasteiger partial charge in [-0.05, 0) is 52.0 Å². The van der Waals surface area contributed by atoms with Crippen molar-refractivity contribution in [3.05, 3.63) is 21.9 Å². The van der Waals surface area contributed by atoms with Crippen LogP contribution in [-0.4, -0.2) is 17.2 Å². The number of hydrogen-bond donors (Lipinski definition) is 2. The normalized spacial score (nSPS) is 12.6. The molecule has 0 saturated carbocycles. The minimum absolute atomic E-state index is 0.372. The van der Waals surface area contributed by atoms with Crippen LogP contribution < -0.4 is 10.6 Å². The van der Waals surface area contributed by atoms with Crippen LogP contribution in [0, 0.1) is 6.92 Å². The maximum absolute atomic E-state index is 5.21. The Hall–Kier alpha value is -0.610. The van der Waals surface area contributed by atoms with Crippen molar-refractivity contribution in [3.63, 3.8) is 0 Å². The smallest absolute Gasteiger partial charge is 0.166 e. The van der Waals surface area contributed by atoms with Gasteiger partial charge in [0.15, 0.2) is 5.11 Å². The second-order valence-electron chi connectivity index (χ2n) is 4.39. The molecule has 0 amide bonds. The molecular weight excluding hydrogens is 236 g/mol. The van der Waals surface area contributed by atoms with E-state index in [1.807, 2.05) is 11.3 Å². The van der Waals surface area contributed by atoms with Gasteiger partial charge in [-0.15, -0.1) is 11.3 Å². The fourth-order valence-electron chi connectivity index (χ4n) is 1.48. The van der Waals surface area contributed by atoms with Crippen LogP contribution in [-0.2, 0) is 6.42 Å². The summed E-state index contributed by atoms with van der Waals surface area (Å²) in [6.07, 6.45) is 1.03. The van der Waals surface area contributed by atoms with Gasteiger partial charge >= 0.3 is 0 Å². The topological polar surface area (TPSA) is 24.1 Å². The Morgan fingerprint density at radius 3 is 2.50 bits per heavy atom. The predicted molar refractivity (Wildman–Crippen MR) is 76.2 cm³/mol. The molecule has 0 fully saturated rings. The average molecular weight is 256 g/mol. The lowest BCUT2D eigenvalue weighted by atomic mass is 10.2. The molecular formula is C12H20N2S2. The standard InChI is InChI=1S/C12H20N2S2/c1-8(2)13-12(15)14-9(3)7-11-6-5-10(4)16-11/h5-6,8-9H,7H2,1-4H3,(H2,13,14,15). The minimum atomic E-state index is 0.372. The number of hydrogen-bond acceptors (Lipinski definition) is 2. The van der Waals surface area contributed by atoms with Gasteiger partial charge in [0.25, 0.3) is 0 Å². The lowest BCUT2D eigenvalue weighted by Gasteiger charge is -2.18. The number of aryl methyl sites for hydroxylation is 1. The van der Waals surface area contributed by atoms with Crippen molar-refractivity contribution >= 4 is 28.7 Å². The van der Waals surface area contributed by atoms with Gasteiger partial charge in [0.1, 0.15) is 0 Å². The minimum Gasteiger partial charge on any atom is -0.361 e. The van der Waals surface area contributed by atoms with Crippen LogP contribution in [0.15, 0.2) is 12.1 Å². The van der Waals surface area contributed by atoms with E-state index in [1.54, 1.807) is 0 Å². The van der Waals surface area contributed by atoms with Crippen LogP contribution >= 0.6 is 23.6 Å². The third kappa shape index (κ3) is 4.94. The Kier molecular flexibility index (Phi) is 5.22. The molecule has 0 aliphatic heterocycles. The van der Waals surface area contributed by atoms with E-state index in [1.165, 1.54) is 9.75 Å². The van der Waals surface area contributed by atoms with Gasteiger partial charge in [0.2, 0.25) is 0 Å². The van der Waals surface area contributed by atoms with Crippen LogP contribution in [0.5, 0.6) is 0 Å². The van der Waals surface area contributed by atoms with Crippen molar-refractivity contribution in [2.45, 2.75) is 46.2 Å². The molecule has 1 atom stereocenters. The monoisotopic (exact) mass is 256 g/mol. The first-order chi connectivity index (χ1) is 7.47. The molecule has 0 bridgehead atoms. The lowest BCUT2D eigenvalue weighted by molar-refractivity contribution is 0.635. The summed E-state index contributed by atoms with van der Waals surface area (Å²) in [4.78, 5) is 2.77. The van der Waals surface area contributed by atoms with Gasteiger partial charge in [0.05, 0.1) is 0 Å². The van der Waals surface area contributed by atoms with Gasteiger partial charge in [-0.1, -0.05) is 0 Å². The molecule has 1 heterocycles. The van der Waals surface area contributed by atoms with Crippen LogP contribution in [0.3, 0.4) is 0 Å². The molecule has 2 N–H and O–H groups in total. The zero-order chi connectivity index (χ0) is 12.1. The van der Waals surface area contributed by atoms with Crippen LogP contribution in [0.25, 0.3) is 0 Å². The van der Waals surface area contributed by atoms with E-state index in [4.69, 9.17) is 12.2 Å². The van der Waals surface area contributed by atoms with Gasteiger partial charge < -0.3 is 10.6 Å². The molecule has 0 aromatic carbocycles. The molecule has 1 unspecified atom stereocenters. The van der Waals surface area contributed by atoms with Gasteiger partial charge in [0, 0.05) is 28.3 Å². The van der Waals surface area contributed by atoms with Crippen molar-refractivity contribution in [2.24, 2.45) is 0 Å². The van der Waals surface area contributed by atoms with E-state index in [9.17, 15) is 0 Å². The summed E-state index contributed by atoms with van der Waals surface area (Å²) in [5.41, 5.74) is 0. The summed E-state index contributed by atoms with van der Waals surface area (Å²) >= 11 is 7.06. The third-order valence-corrected chi connectivity index (χ3v) is 3.36. The predicted octanol–water partition coefficient (Wildman–Crippen LogP) is 2.86. The maximum atomic E-state index is 5.21. The van der Waals surface area contributed by atoms with Crippen molar-refractivity contribution in [3.8, 4) is 0 Å². The summed E-state index contributed by atoms with van der Waals surface area (Å²) < 4.78 is 0. The third-order valence-electron chi connectivity index (χ3n) is 2.10. The Morgan fingerprint density at radius 2 is 2.00 bits per heavy atom. The van der Waals surface area contributed by atoms with E-state index in [2.05, 4.69) is 50.5 Å². The molecule has 1 aromatic rings. The van der Waals surface area contributed by atoms with Crippen molar-refractivity contribution < 1.29 is 0 Å². The quantitative estimate of drug-likeness (QED) is 0.810. The van der Waals surface area contributed by atoms with Gasteiger partial charge in [-0.3, -0.25) is 0 Å². The zero-order valence-corrected chi connectivity index (χ0v) is 12.0. The molecule has 16 heavy (non-hydrogen) atoms. The second kappa shape index (κ2) is 6.21. The summed E-state index contributed by atoms with van der Waals surface area (Å²) in [5.74, 6) is 0. The van der Waals surface area contributed by atoms with Crippen LogP contribution in [0.2, 0.25) is 0 Å². The van der Waals surface area contributed by atoms with Gasteiger partial charge in [-0.25, -0.2) is 0 Å². The molecule has 1 rings (SSSR count). The largest absolute Gasteiger partial charge is 0.361 e. The van der Waals surface area contributed by atoms with Crippen molar-refractivity contribution in [1.82, 2.24) is 10.6 Å². The van der Waals surface area contributed by atoms with E-state index in [0.29, 0.717) is 12.1 Å². The molecule has 1 aromatic heterocycles. The highest BCUT2D eigenvalue weighted by Crippen LogP contribution is 2.16. The summed E-state index contributed by atoms with van der Waals surface area (Å²) in [7, 11) is 0. The Labute approximate surface area is 107 Å². The van der Waals surface area contributed by atoms with Crippen molar-refractivity contribution in [1.29, 1.82) is 0 Å². The summed E-state index contributed by atoms with van der Waals surface area (Å²) in [6.45, 7) is 8.46. The molecule has 0 radical (unpaired) electrons. The van der Waals surface area contributed by atoms with Crippen molar-refractivity contribution in [2.75, 3.05) is 0 Å². The zero-order valence-electron chi connectivity index (χ0n) is 10.3. The van der Waals surface area contributed by atoms with E-state index in [0.717, 1.165) is 11.5 Å². The molecule has 0 aliphatic carbocycles. The molecule has 0 aliphatic rings. The molecule has 4 heteroatoms. The molecule has 0 saturated heterocycles. The highest BCUT2D eigenvalue weighted by atomic mass is 32.1. The molecule has 2 nitrogen and oxygen atoms in total. The number of nitrogens with one attached hydrogen (secondary N) is 2. The number of thiocarbonyl (C=S) groups is 1. The number of thiophene rings is 1. The number of rotatable bonds is 4. The summed E-state index contributed by atoms with van der Waals surface area (Å²) in [6, 6.07) is 5.11. The highest BCUT2D eigenvalue weighted by molar-refractivity contribution is 7.80. The Bertz CT molecular complexity index is 345. The molecule has 90 valence electrons. The van der Waals surface area contributed by atoms with E-state index < -0.39 is 0 Å². The Morgan fingerprint density at radius 1 is 1.31 bits per heavy atom. The first-order valence-corrected chi connectivity index (χ1v) is 6.82. The van der Waals surface area contributed by atoms with Crippen LogP contribution in [0.4, 0.5) is 0 Å². The Balaban J connectivity index is 2.35.